The fourth-order valence-electron chi connectivity index (χ4n) is 3.08. The first kappa shape index (κ1) is 17.1. The molecule has 1 aromatic carbocycles. The first-order chi connectivity index (χ1) is 11.5. The molecule has 0 radical (unpaired) electrons. The molecule has 0 atom stereocenters. The Morgan fingerprint density at radius 2 is 1.96 bits per heavy atom. The number of thioether (sulfide) groups is 1. The highest BCUT2D eigenvalue weighted by atomic mass is 35.5. The standard InChI is InChI=1S/C16H18ClN3O3S/c17-11-6-2-3-7-12(11)24-10-13(21)19-20-14(22)16(18-15(20)23)8-4-1-5-9-16/h2-3,6-7H,1,4-5,8-10H2,(H,18,23)(H,19,21). The SMILES string of the molecule is O=C(CSc1ccccc1Cl)NN1C(=O)NC2(CCCCC2)C1=O. The Balaban J connectivity index is 1.59. The summed E-state index contributed by atoms with van der Waals surface area (Å²) in [6.45, 7) is 0. The van der Waals surface area contributed by atoms with Crippen LogP contribution in [0.15, 0.2) is 29.2 Å². The van der Waals surface area contributed by atoms with Crippen molar-refractivity contribution in [1.82, 2.24) is 15.8 Å². The summed E-state index contributed by atoms with van der Waals surface area (Å²) in [5, 5.41) is 4.13. The molecule has 24 heavy (non-hydrogen) atoms. The van der Waals surface area contributed by atoms with Gasteiger partial charge in [-0.1, -0.05) is 43.0 Å². The van der Waals surface area contributed by atoms with Gasteiger partial charge in [-0.05, 0) is 25.0 Å². The number of imide groups is 1. The number of hydrazine groups is 1. The molecule has 2 fully saturated rings. The van der Waals surface area contributed by atoms with Gasteiger partial charge in [0.25, 0.3) is 5.91 Å². The van der Waals surface area contributed by atoms with Crippen LogP contribution in [0, 0.1) is 0 Å². The van der Waals surface area contributed by atoms with Crippen LogP contribution < -0.4 is 10.7 Å². The van der Waals surface area contributed by atoms with Crippen molar-refractivity contribution >= 4 is 41.2 Å². The lowest BCUT2D eigenvalue weighted by molar-refractivity contribution is -0.139. The van der Waals surface area contributed by atoms with E-state index in [1.807, 2.05) is 18.2 Å². The van der Waals surface area contributed by atoms with Crippen LogP contribution >= 0.6 is 23.4 Å². The lowest BCUT2D eigenvalue weighted by Gasteiger charge is -2.30. The van der Waals surface area contributed by atoms with Crippen molar-refractivity contribution in [1.29, 1.82) is 0 Å². The molecule has 1 saturated carbocycles. The topological polar surface area (TPSA) is 78.5 Å². The number of carbonyl (C=O) groups excluding carboxylic acids is 3. The number of nitrogens with one attached hydrogen (secondary N) is 2. The van der Waals surface area contributed by atoms with E-state index in [0.29, 0.717) is 17.9 Å². The Morgan fingerprint density at radius 3 is 2.67 bits per heavy atom. The van der Waals surface area contributed by atoms with Crippen LogP contribution in [0.5, 0.6) is 0 Å². The van der Waals surface area contributed by atoms with Crippen molar-refractivity contribution in [2.75, 3.05) is 5.75 Å². The minimum Gasteiger partial charge on any atom is -0.322 e. The molecular formula is C16H18ClN3O3S. The summed E-state index contributed by atoms with van der Waals surface area (Å²) in [5.74, 6) is -0.715. The summed E-state index contributed by atoms with van der Waals surface area (Å²) in [4.78, 5) is 37.5. The molecule has 6 nitrogen and oxygen atoms in total. The van der Waals surface area contributed by atoms with Crippen molar-refractivity contribution in [3.8, 4) is 0 Å². The van der Waals surface area contributed by atoms with Gasteiger partial charge in [-0.2, -0.15) is 5.01 Å². The number of benzene rings is 1. The van der Waals surface area contributed by atoms with E-state index < -0.39 is 17.5 Å². The van der Waals surface area contributed by atoms with Gasteiger partial charge >= 0.3 is 6.03 Å². The Morgan fingerprint density at radius 1 is 1.25 bits per heavy atom. The van der Waals surface area contributed by atoms with Crippen LogP contribution in [0.4, 0.5) is 4.79 Å². The first-order valence-electron chi connectivity index (χ1n) is 7.85. The predicted molar refractivity (Wildman–Crippen MR) is 91.5 cm³/mol. The van der Waals surface area contributed by atoms with Crippen molar-refractivity contribution in [3.05, 3.63) is 29.3 Å². The largest absolute Gasteiger partial charge is 0.344 e. The van der Waals surface area contributed by atoms with Gasteiger partial charge in [0, 0.05) is 4.90 Å². The Bertz CT molecular complexity index is 676. The van der Waals surface area contributed by atoms with Crippen molar-refractivity contribution in [3.63, 3.8) is 0 Å². The normalized spacial score (nSPS) is 19.5. The van der Waals surface area contributed by atoms with Crippen LogP contribution in [-0.4, -0.2) is 34.1 Å². The van der Waals surface area contributed by atoms with E-state index in [1.54, 1.807) is 6.07 Å². The monoisotopic (exact) mass is 367 g/mol. The number of hydrogen-bond donors (Lipinski definition) is 2. The van der Waals surface area contributed by atoms with Gasteiger partial charge < -0.3 is 5.32 Å². The maximum absolute atomic E-state index is 12.6. The second-order valence-corrected chi connectivity index (χ2v) is 7.39. The molecule has 2 aliphatic rings. The van der Waals surface area contributed by atoms with Gasteiger partial charge in [0.15, 0.2) is 0 Å². The third-order valence-electron chi connectivity index (χ3n) is 4.30. The summed E-state index contributed by atoms with van der Waals surface area (Å²) in [6, 6.07) is 6.63. The van der Waals surface area contributed by atoms with Crippen LogP contribution in [0.1, 0.15) is 32.1 Å². The van der Waals surface area contributed by atoms with Crippen molar-refractivity contribution in [2.24, 2.45) is 0 Å². The second-order valence-electron chi connectivity index (χ2n) is 5.97. The fourth-order valence-corrected chi connectivity index (χ4v) is 4.11. The summed E-state index contributed by atoms with van der Waals surface area (Å²) in [6.07, 6.45) is 4.11. The van der Waals surface area contributed by atoms with E-state index >= 15 is 0 Å². The zero-order valence-electron chi connectivity index (χ0n) is 13.0. The van der Waals surface area contributed by atoms with Crippen LogP contribution in [0.25, 0.3) is 0 Å². The number of carbonyl (C=O) groups is 3. The number of urea groups is 1. The molecule has 1 aromatic rings. The molecule has 1 heterocycles. The van der Waals surface area contributed by atoms with Crippen molar-refractivity contribution in [2.45, 2.75) is 42.5 Å². The lowest BCUT2D eigenvalue weighted by atomic mass is 9.82. The van der Waals surface area contributed by atoms with Gasteiger partial charge in [-0.25, -0.2) is 4.79 Å². The van der Waals surface area contributed by atoms with E-state index in [-0.39, 0.29) is 11.7 Å². The quantitative estimate of drug-likeness (QED) is 0.633. The lowest BCUT2D eigenvalue weighted by Crippen LogP contribution is -2.51. The number of rotatable bonds is 4. The molecule has 1 spiro atoms. The third-order valence-corrected chi connectivity index (χ3v) is 5.82. The number of halogens is 1. The molecule has 1 aliphatic carbocycles. The fraction of sp³-hybridized carbons (Fsp3) is 0.438. The average molecular weight is 368 g/mol. The average Bonchev–Trinajstić information content (AvgIpc) is 2.79. The van der Waals surface area contributed by atoms with E-state index in [1.165, 1.54) is 11.8 Å². The highest BCUT2D eigenvalue weighted by Crippen LogP contribution is 2.33. The molecule has 128 valence electrons. The smallest absolute Gasteiger partial charge is 0.322 e. The Hall–Kier alpha value is -1.73. The summed E-state index contributed by atoms with van der Waals surface area (Å²) in [5.41, 5.74) is 1.57. The van der Waals surface area contributed by atoms with Gasteiger partial charge in [0.2, 0.25) is 5.91 Å². The summed E-state index contributed by atoms with van der Waals surface area (Å²) in [7, 11) is 0. The molecule has 0 aromatic heterocycles. The maximum atomic E-state index is 12.6. The molecule has 2 N–H and O–H groups in total. The minimum atomic E-state index is -0.835. The molecule has 1 saturated heterocycles. The number of amides is 4. The molecular weight excluding hydrogens is 350 g/mol. The van der Waals surface area contributed by atoms with Crippen molar-refractivity contribution < 1.29 is 14.4 Å². The zero-order valence-corrected chi connectivity index (χ0v) is 14.6. The molecule has 8 heteroatoms. The first-order valence-corrected chi connectivity index (χ1v) is 9.22. The molecule has 4 amide bonds. The zero-order chi connectivity index (χ0) is 17.2. The van der Waals surface area contributed by atoms with Gasteiger partial charge in [0.05, 0.1) is 10.8 Å². The van der Waals surface area contributed by atoms with Crippen LogP contribution in [-0.2, 0) is 9.59 Å². The summed E-state index contributed by atoms with van der Waals surface area (Å²) >= 11 is 7.29. The van der Waals surface area contributed by atoms with Crippen LogP contribution in [0.3, 0.4) is 0 Å². The van der Waals surface area contributed by atoms with Gasteiger partial charge in [-0.3, -0.25) is 15.0 Å². The van der Waals surface area contributed by atoms with E-state index in [2.05, 4.69) is 10.7 Å². The molecule has 0 bridgehead atoms. The highest BCUT2D eigenvalue weighted by Gasteiger charge is 2.52. The van der Waals surface area contributed by atoms with E-state index in [4.69, 9.17) is 11.6 Å². The second kappa shape index (κ2) is 7.03. The van der Waals surface area contributed by atoms with E-state index in [0.717, 1.165) is 29.2 Å². The minimum absolute atomic E-state index is 0.0633. The highest BCUT2D eigenvalue weighted by molar-refractivity contribution is 8.00. The van der Waals surface area contributed by atoms with Gasteiger partial charge in [-0.15, -0.1) is 11.8 Å². The molecule has 3 rings (SSSR count). The Labute approximate surface area is 149 Å². The number of hydrogen-bond acceptors (Lipinski definition) is 4. The molecule has 1 aliphatic heterocycles. The summed E-state index contributed by atoms with van der Waals surface area (Å²) < 4.78 is 0. The predicted octanol–water partition coefficient (Wildman–Crippen LogP) is 2.72. The Kier molecular flexibility index (Phi) is 5.01. The maximum Gasteiger partial charge on any atom is 0.344 e. The molecule has 0 unspecified atom stereocenters. The third kappa shape index (κ3) is 3.37. The van der Waals surface area contributed by atoms with Crippen LogP contribution in [0.2, 0.25) is 5.02 Å². The van der Waals surface area contributed by atoms with E-state index in [9.17, 15) is 14.4 Å². The van der Waals surface area contributed by atoms with Gasteiger partial charge in [0.1, 0.15) is 5.54 Å². The number of nitrogens with zero attached hydrogens (tertiary/aromatic N) is 1.